The number of halogens is 4. The van der Waals surface area contributed by atoms with E-state index in [0.717, 1.165) is 17.0 Å². The molecule has 0 saturated carbocycles. The standard InChI is InChI=1S/C18H15ClF3NO3/c1-25-13-7-6-12(16(20)17(13)21)18(22)23-8-14(26-15(23)9-24)10-2-4-11(19)5-3-10/h2-7,9,14-15,18H,8H2,1H3. The first-order chi connectivity index (χ1) is 12.5. The van der Waals surface area contributed by atoms with Crippen LogP contribution in [-0.2, 0) is 9.53 Å². The molecule has 138 valence electrons. The SMILES string of the molecule is COc1ccc(C(F)N2CC(c3ccc(Cl)cc3)OC2C=O)c(F)c1F. The number of nitrogens with zero attached hydrogens (tertiary/aromatic N) is 1. The highest BCUT2D eigenvalue weighted by Gasteiger charge is 2.40. The topological polar surface area (TPSA) is 38.8 Å². The van der Waals surface area contributed by atoms with E-state index in [-0.39, 0.29) is 12.3 Å². The lowest BCUT2D eigenvalue weighted by molar-refractivity contribution is -0.128. The second-order valence-corrected chi connectivity index (χ2v) is 6.16. The number of aldehydes is 1. The van der Waals surface area contributed by atoms with Gasteiger partial charge in [-0.3, -0.25) is 4.79 Å². The number of benzene rings is 2. The molecule has 2 aromatic carbocycles. The first kappa shape index (κ1) is 18.7. The van der Waals surface area contributed by atoms with Crippen LogP contribution >= 0.6 is 11.6 Å². The normalized spacial score (nSPS) is 21.6. The summed E-state index contributed by atoms with van der Waals surface area (Å²) in [7, 11) is 1.18. The van der Waals surface area contributed by atoms with E-state index in [9.17, 15) is 18.0 Å². The van der Waals surface area contributed by atoms with Gasteiger partial charge in [-0.05, 0) is 29.8 Å². The maximum atomic E-state index is 14.9. The van der Waals surface area contributed by atoms with E-state index < -0.39 is 35.8 Å². The summed E-state index contributed by atoms with van der Waals surface area (Å²) in [6.07, 6.45) is -3.48. The molecule has 8 heteroatoms. The highest BCUT2D eigenvalue weighted by atomic mass is 35.5. The van der Waals surface area contributed by atoms with Gasteiger partial charge in [0.05, 0.1) is 13.2 Å². The Morgan fingerprint density at radius 1 is 1.23 bits per heavy atom. The zero-order valence-corrected chi connectivity index (χ0v) is 14.4. The fourth-order valence-electron chi connectivity index (χ4n) is 2.85. The van der Waals surface area contributed by atoms with Crippen LogP contribution in [0.5, 0.6) is 5.75 Å². The lowest BCUT2D eigenvalue weighted by Crippen LogP contribution is -2.33. The summed E-state index contributed by atoms with van der Waals surface area (Å²) in [6.45, 7) is -0.0146. The van der Waals surface area contributed by atoms with Gasteiger partial charge in [0.1, 0.15) is 0 Å². The third kappa shape index (κ3) is 3.42. The molecule has 2 aromatic rings. The Kier molecular flexibility index (Phi) is 5.50. The molecule has 0 radical (unpaired) electrons. The summed E-state index contributed by atoms with van der Waals surface area (Å²) in [6, 6.07) is 8.89. The van der Waals surface area contributed by atoms with Crippen molar-refractivity contribution in [3.05, 3.63) is 64.2 Å². The molecule has 0 aliphatic carbocycles. The van der Waals surface area contributed by atoms with Crippen LogP contribution < -0.4 is 4.74 Å². The van der Waals surface area contributed by atoms with Crippen LogP contribution in [-0.4, -0.2) is 31.1 Å². The molecule has 1 fully saturated rings. The smallest absolute Gasteiger partial charge is 0.201 e. The second-order valence-electron chi connectivity index (χ2n) is 5.72. The Balaban J connectivity index is 1.86. The number of ether oxygens (including phenoxy) is 2. The van der Waals surface area contributed by atoms with E-state index in [1.54, 1.807) is 24.3 Å². The van der Waals surface area contributed by atoms with Crippen molar-refractivity contribution in [3.63, 3.8) is 0 Å². The highest BCUT2D eigenvalue weighted by Crippen LogP contribution is 2.37. The van der Waals surface area contributed by atoms with Crippen LogP contribution in [0.15, 0.2) is 36.4 Å². The minimum absolute atomic E-state index is 0.0146. The lowest BCUT2D eigenvalue weighted by atomic mass is 10.1. The van der Waals surface area contributed by atoms with Crippen molar-refractivity contribution in [2.75, 3.05) is 13.7 Å². The van der Waals surface area contributed by atoms with Gasteiger partial charge in [0.15, 0.2) is 30.4 Å². The van der Waals surface area contributed by atoms with Gasteiger partial charge in [-0.1, -0.05) is 23.7 Å². The zero-order valence-electron chi connectivity index (χ0n) is 13.7. The van der Waals surface area contributed by atoms with Crippen molar-refractivity contribution in [1.82, 2.24) is 4.90 Å². The molecule has 0 amide bonds. The summed E-state index contributed by atoms with van der Waals surface area (Å²) < 4.78 is 53.2. The number of methoxy groups -OCH3 is 1. The van der Waals surface area contributed by atoms with Crippen molar-refractivity contribution in [2.45, 2.75) is 18.6 Å². The van der Waals surface area contributed by atoms with Crippen molar-refractivity contribution in [1.29, 1.82) is 0 Å². The molecule has 1 saturated heterocycles. The van der Waals surface area contributed by atoms with Crippen molar-refractivity contribution in [3.8, 4) is 5.75 Å². The van der Waals surface area contributed by atoms with Gasteiger partial charge in [-0.15, -0.1) is 0 Å². The van der Waals surface area contributed by atoms with E-state index in [0.29, 0.717) is 16.9 Å². The first-order valence-electron chi connectivity index (χ1n) is 7.74. The largest absolute Gasteiger partial charge is 0.494 e. The van der Waals surface area contributed by atoms with Gasteiger partial charge in [0.2, 0.25) is 5.82 Å². The molecule has 0 aromatic heterocycles. The Hall–Kier alpha value is -2.09. The maximum Gasteiger partial charge on any atom is 0.201 e. The predicted molar refractivity (Wildman–Crippen MR) is 88.6 cm³/mol. The third-order valence-electron chi connectivity index (χ3n) is 4.21. The molecule has 3 unspecified atom stereocenters. The molecule has 3 rings (SSSR count). The van der Waals surface area contributed by atoms with E-state index in [2.05, 4.69) is 4.74 Å². The molecule has 0 N–H and O–H groups in total. The third-order valence-corrected chi connectivity index (χ3v) is 4.46. The molecule has 1 aliphatic rings. The van der Waals surface area contributed by atoms with Crippen molar-refractivity contribution in [2.24, 2.45) is 0 Å². The van der Waals surface area contributed by atoms with Gasteiger partial charge in [-0.25, -0.2) is 13.7 Å². The molecule has 26 heavy (non-hydrogen) atoms. The first-order valence-corrected chi connectivity index (χ1v) is 8.12. The minimum atomic E-state index is -2.07. The summed E-state index contributed by atoms with van der Waals surface area (Å²) in [5.74, 6) is -2.98. The molecular formula is C18H15ClF3NO3. The van der Waals surface area contributed by atoms with Gasteiger partial charge in [0.25, 0.3) is 0 Å². The van der Waals surface area contributed by atoms with Crippen LogP contribution in [0.2, 0.25) is 5.02 Å². The summed E-state index contributed by atoms with van der Waals surface area (Å²) in [5.41, 5.74) is 0.160. The van der Waals surface area contributed by atoms with Crippen LogP contribution in [0.25, 0.3) is 0 Å². The maximum absolute atomic E-state index is 14.9. The summed E-state index contributed by atoms with van der Waals surface area (Å²) in [4.78, 5) is 12.3. The monoisotopic (exact) mass is 385 g/mol. The van der Waals surface area contributed by atoms with E-state index in [4.69, 9.17) is 16.3 Å². The molecule has 1 heterocycles. The summed E-state index contributed by atoms with van der Waals surface area (Å²) >= 11 is 5.84. The Morgan fingerprint density at radius 3 is 2.54 bits per heavy atom. The van der Waals surface area contributed by atoms with Crippen LogP contribution in [0.1, 0.15) is 23.5 Å². The number of hydrogen-bond donors (Lipinski definition) is 0. The zero-order chi connectivity index (χ0) is 18.8. The average Bonchev–Trinajstić information content (AvgIpc) is 3.08. The lowest BCUT2D eigenvalue weighted by Gasteiger charge is -2.23. The predicted octanol–water partition coefficient (Wildman–Crippen LogP) is 4.19. The van der Waals surface area contributed by atoms with Gasteiger partial charge < -0.3 is 9.47 Å². The minimum Gasteiger partial charge on any atom is -0.494 e. The van der Waals surface area contributed by atoms with Crippen LogP contribution in [0.4, 0.5) is 13.2 Å². The Morgan fingerprint density at radius 2 is 1.92 bits per heavy atom. The van der Waals surface area contributed by atoms with E-state index in [1.807, 2.05) is 0 Å². The highest BCUT2D eigenvalue weighted by molar-refractivity contribution is 6.30. The van der Waals surface area contributed by atoms with Crippen LogP contribution in [0, 0.1) is 11.6 Å². The fraction of sp³-hybridized carbons (Fsp3) is 0.278. The second kappa shape index (κ2) is 7.65. The van der Waals surface area contributed by atoms with Crippen LogP contribution in [0.3, 0.4) is 0 Å². The molecular weight excluding hydrogens is 371 g/mol. The molecule has 0 bridgehead atoms. The van der Waals surface area contributed by atoms with Crippen molar-refractivity contribution >= 4 is 17.9 Å². The molecule has 1 aliphatic heterocycles. The number of carbonyl (C=O) groups is 1. The van der Waals surface area contributed by atoms with Crippen molar-refractivity contribution < 1.29 is 27.4 Å². The number of carbonyl (C=O) groups excluding carboxylic acids is 1. The van der Waals surface area contributed by atoms with E-state index in [1.165, 1.54) is 7.11 Å². The fourth-order valence-corrected chi connectivity index (χ4v) is 2.97. The molecule has 3 atom stereocenters. The van der Waals surface area contributed by atoms with E-state index >= 15 is 0 Å². The number of rotatable bonds is 5. The molecule has 0 spiro atoms. The average molecular weight is 386 g/mol. The molecule has 4 nitrogen and oxygen atoms in total. The van der Waals surface area contributed by atoms with Gasteiger partial charge in [-0.2, -0.15) is 4.39 Å². The quantitative estimate of drug-likeness (QED) is 0.571. The Bertz CT molecular complexity index is 803. The number of hydrogen-bond acceptors (Lipinski definition) is 4. The summed E-state index contributed by atoms with van der Waals surface area (Å²) in [5, 5.41) is 0.523. The van der Waals surface area contributed by atoms with Gasteiger partial charge in [0, 0.05) is 17.1 Å². The Labute approximate surface area is 153 Å². The number of alkyl halides is 1. The van der Waals surface area contributed by atoms with Gasteiger partial charge >= 0.3 is 0 Å².